The van der Waals surface area contributed by atoms with Gasteiger partial charge in [0.05, 0.1) is 20.8 Å². The lowest BCUT2D eigenvalue weighted by atomic mass is 9.98. The Morgan fingerprint density at radius 2 is 1.84 bits per heavy atom. The number of aliphatic hydroxyl groups is 1. The van der Waals surface area contributed by atoms with Crippen molar-refractivity contribution < 1.29 is 23.7 Å². The predicted octanol–water partition coefficient (Wildman–Crippen LogP) is 3.04. The minimum Gasteiger partial charge on any atom is -0.497 e. The Kier molecular flexibility index (Phi) is 8.56. The third-order valence-corrected chi connectivity index (χ3v) is 5.38. The van der Waals surface area contributed by atoms with Crippen molar-refractivity contribution in [2.24, 2.45) is 4.99 Å². The number of nitrogens with zero attached hydrogens (tertiary/aromatic N) is 2. The highest BCUT2D eigenvalue weighted by Crippen LogP contribution is 2.32. The van der Waals surface area contributed by atoms with Gasteiger partial charge in [0, 0.05) is 31.6 Å². The van der Waals surface area contributed by atoms with Gasteiger partial charge in [0.15, 0.2) is 5.96 Å². The van der Waals surface area contributed by atoms with Gasteiger partial charge in [-0.25, -0.2) is 4.39 Å². The summed E-state index contributed by atoms with van der Waals surface area (Å²) in [4.78, 5) is 6.81. The van der Waals surface area contributed by atoms with Gasteiger partial charge in [0.2, 0.25) is 0 Å². The number of benzene rings is 2. The maximum atomic E-state index is 13.0. The van der Waals surface area contributed by atoms with E-state index in [4.69, 9.17) is 14.2 Å². The molecule has 0 bridgehead atoms. The molecular weight excluding hydrogens is 413 g/mol. The molecule has 174 valence electrons. The zero-order chi connectivity index (χ0) is 22.9. The first kappa shape index (κ1) is 23.7. The fourth-order valence-corrected chi connectivity index (χ4v) is 3.68. The molecule has 2 atom stereocenters. The molecule has 7 nitrogen and oxygen atoms in total. The molecule has 0 saturated carbocycles. The van der Waals surface area contributed by atoms with Crippen LogP contribution in [-0.4, -0.2) is 69.1 Å². The second-order valence-electron chi connectivity index (χ2n) is 7.69. The molecule has 2 N–H and O–H groups in total. The number of nitrogens with one attached hydrogen (secondary N) is 1. The number of halogens is 1. The van der Waals surface area contributed by atoms with Crippen molar-refractivity contribution in [3.8, 4) is 17.2 Å². The summed E-state index contributed by atoms with van der Waals surface area (Å²) in [5.41, 5.74) is 1.17. The number of hydrogen-bond acceptors (Lipinski definition) is 5. The normalized spacial score (nSPS) is 17.2. The molecule has 0 spiro atoms. The van der Waals surface area contributed by atoms with Crippen molar-refractivity contribution >= 4 is 5.96 Å². The van der Waals surface area contributed by atoms with Crippen LogP contribution in [0.2, 0.25) is 0 Å². The zero-order valence-corrected chi connectivity index (χ0v) is 18.9. The van der Waals surface area contributed by atoms with E-state index in [0.717, 1.165) is 43.5 Å². The molecule has 0 aromatic heterocycles. The zero-order valence-electron chi connectivity index (χ0n) is 18.9. The molecule has 3 rings (SSSR count). The fraction of sp³-hybridized carbons (Fsp3) is 0.458. The number of guanidine groups is 1. The second-order valence-corrected chi connectivity index (χ2v) is 7.69. The van der Waals surface area contributed by atoms with Gasteiger partial charge in [-0.1, -0.05) is 0 Å². The number of aliphatic imine (C=N–C) groups is 1. The standard InChI is InChI=1S/C24H32FN3O4/c1-4-26-24(27-14-20(29)16-32-21-7-5-19(25)6-8-21)28-10-9-17(15-28)18-11-22(30-2)13-23(12-18)31-3/h5-8,11-13,17,20,29H,4,9-10,14-16H2,1-3H3,(H,26,27). The van der Waals surface area contributed by atoms with Crippen LogP contribution in [0, 0.1) is 5.82 Å². The molecule has 1 aliphatic rings. The van der Waals surface area contributed by atoms with Crippen LogP contribution in [0.5, 0.6) is 17.2 Å². The molecule has 0 amide bonds. The van der Waals surface area contributed by atoms with Crippen molar-refractivity contribution in [3.63, 3.8) is 0 Å². The molecule has 1 fully saturated rings. The summed E-state index contributed by atoms with van der Waals surface area (Å²) in [6.07, 6.45) is 0.214. The van der Waals surface area contributed by atoms with Gasteiger partial charge in [0.25, 0.3) is 0 Å². The number of ether oxygens (including phenoxy) is 3. The maximum absolute atomic E-state index is 13.0. The van der Waals surface area contributed by atoms with Gasteiger partial charge in [-0.2, -0.15) is 0 Å². The van der Waals surface area contributed by atoms with E-state index in [9.17, 15) is 9.50 Å². The number of aliphatic hydroxyl groups excluding tert-OH is 1. The van der Waals surface area contributed by atoms with Crippen molar-refractivity contribution in [3.05, 3.63) is 53.8 Å². The van der Waals surface area contributed by atoms with Crippen molar-refractivity contribution in [1.29, 1.82) is 0 Å². The predicted molar refractivity (Wildman–Crippen MR) is 122 cm³/mol. The first-order chi connectivity index (χ1) is 15.5. The monoisotopic (exact) mass is 445 g/mol. The first-order valence-corrected chi connectivity index (χ1v) is 10.8. The van der Waals surface area contributed by atoms with Crippen LogP contribution in [0.15, 0.2) is 47.5 Å². The maximum Gasteiger partial charge on any atom is 0.194 e. The van der Waals surface area contributed by atoms with E-state index in [-0.39, 0.29) is 19.0 Å². The number of hydrogen-bond donors (Lipinski definition) is 2. The molecular formula is C24H32FN3O4. The lowest BCUT2D eigenvalue weighted by Gasteiger charge is -2.22. The Balaban J connectivity index is 1.59. The van der Waals surface area contributed by atoms with Crippen LogP contribution in [-0.2, 0) is 0 Å². The van der Waals surface area contributed by atoms with E-state index in [1.165, 1.54) is 29.8 Å². The summed E-state index contributed by atoms with van der Waals surface area (Å²) in [7, 11) is 3.31. The first-order valence-electron chi connectivity index (χ1n) is 10.8. The van der Waals surface area contributed by atoms with Gasteiger partial charge in [-0.15, -0.1) is 0 Å². The lowest BCUT2D eigenvalue weighted by molar-refractivity contribution is 0.114. The highest BCUT2D eigenvalue weighted by Gasteiger charge is 2.27. The summed E-state index contributed by atoms with van der Waals surface area (Å²) in [5.74, 6) is 2.84. The third-order valence-electron chi connectivity index (χ3n) is 5.38. The van der Waals surface area contributed by atoms with E-state index in [0.29, 0.717) is 11.7 Å². The molecule has 2 aromatic carbocycles. The topological polar surface area (TPSA) is 75.6 Å². The van der Waals surface area contributed by atoms with Crippen LogP contribution in [0.3, 0.4) is 0 Å². The summed E-state index contributed by atoms with van der Waals surface area (Å²) >= 11 is 0. The minimum absolute atomic E-state index is 0.0841. The molecule has 2 aromatic rings. The smallest absolute Gasteiger partial charge is 0.194 e. The summed E-state index contributed by atoms with van der Waals surface area (Å²) < 4.78 is 29.3. The van der Waals surface area contributed by atoms with E-state index >= 15 is 0 Å². The van der Waals surface area contributed by atoms with Gasteiger partial charge in [-0.3, -0.25) is 4.99 Å². The van der Waals surface area contributed by atoms with Crippen molar-refractivity contribution in [2.45, 2.75) is 25.4 Å². The summed E-state index contributed by atoms with van der Waals surface area (Å²) in [6.45, 7) is 4.71. The van der Waals surface area contributed by atoms with Crippen LogP contribution < -0.4 is 19.5 Å². The summed E-state index contributed by atoms with van der Waals surface area (Å²) in [6, 6.07) is 11.7. The Morgan fingerprint density at radius 3 is 2.47 bits per heavy atom. The van der Waals surface area contributed by atoms with Gasteiger partial charge >= 0.3 is 0 Å². The van der Waals surface area contributed by atoms with E-state index in [2.05, 4.69) is 27.3 Å². The van der Waals surface area contributed by atoms with E-state index < -0.39 is 6.10 Å². The molecule has 0 aliphatic carbocycles. The lowest BCUT2D eigenvalue weighted by Crippen LogP contribution is -2.40. The Labute approximate surface area is 188 Å². The quantitative estimate of drug-likeness (QED) is 0.457. The average Bonchev–Trinajstić information content (AvgIpc) is 3.31. The summed E-state index contributed by atoms with van der Waals surface area (Å²) in [5, 5.41) is 13.6. The Morgan fingerprint density at radius 1 is 1.16 bits per heavy atom. The van der Waals surface area contributed by atoms with E-state index in [1.54, 1.807) is 14.2 Å². The van der Waals surface area contributed by atoms with Gasteiger partial charge in [0.1, 0.15) is 35.8 Å². The third kappa shape index (κ3) is 6.50. The minimum atomic E-state index is -0.769. The highest BCUT2D eigenvalue weighted by atomic mass is 19.1. The largest absolute Gasteiger partial charge is 0.497 e. The van der Waals surface area contributed by atoms with Crippen LogP contribution in [0.1, 0.15) is 24.8 Å². The van der Waals surface area contributed by atoms with Gasteiger partial charge in [-0.05, 0) is 55.3 Å². The number of methoxy groups -OCH3 is 2. The van der Waals surface area contributed by atoms with Crippen LogP contribution in [0.4, 0.5) is 4.39 Å². The SMILES string of the molecule is CCNC(=NCC(O)COc1ccc(F)cc1)N1CCC(c2cc(OC)cc(OC)c2)C1. The Bertz CT molecular complexity index is 869. The van der Waals surface area contributed by atoms with Crippen LogP contribution in [0.25, 0.3) is 0 Å². The van der Waals surface area contributed by atoms with Crippen LogP contribution >= 0.6 is 0 Å². The van der Waals surface area contributed by atoms with Crippen molar-refractivity contribution in [1.82, 2.24) is 10.2 Å². The molecule has 1 aliphatic heterocycles. The number of rotatable bonds is 9. The molecule has 2 unspecified atom stereocenters. The number of likely N-dealkylation sites (tertiary alicyclic amines) is 1. The van der Waals surface area contributed by atoms with Gasteiger partial charge < -0.3 is 29.5 Å². The van der Waals surface area contributed by atoms with E-state index in [1.807, 2.05) is 13.0 Å². The van der Waals surface area contributed by atoms with Crippen molar-refractivity contribution in [2.75, 3.05) is 47.0 Å². The second kappa shape index (κ2) is 11.6. The highest BCUT2D eigenvalue weighted by molar-refractivity contribution is 5.80. The molecule has 0 radical (unpaired) electrons. The molecule has 1 heterocycles. The molecule has 8 heteroatoms. The molecule has 32 heavy (non-hydrogen) atoms. The molecule has 1 saturated heterocycles. The fourth-order valence-electron chi connectivity index (χ4n) is 3.68. The Hall–Kier alpha value is -3.00. The average molecular weight is 446 g/mol.